The lowest BCUT2D eigenvalue weighted by Crippen LogP contribution is -2.59. The Labute approximate surface area is 179 Å². The summed E-state index contributed by atoms with van der Waals surface area (Å²) in [6, 6.07) is 11.6. The van der Waals surface area contributed by atoms with Crippen LogP contribution in [0.3, 0.4) is 0 Å². The Bertz CT molecular complexity index is 1080. The van der Waals surface area contributed by atoms with Gasteiger partial charge in [0, 0.05) is 17.4 Å². The lowest BCUT2D eigenvalue weighted by atomic mass is 9.81. The lowest BCUT2D eigenvalue weighted by molar-refractivity contribution is -0.111. The highest BCUT2D eigenvalue weighted by atomic mass is 19.1. The van der Waals surface area contributed by atoms with E-state index in [1.807, 2.05) is 13.8 Å². The van der Waals surface area contributed by atoms with Gasteiger partial charge in [0.2, 0.25) is 0 Å². The number of nitrogens with zero attached hydrogens (tertiary/aromatic N) is 1. The van der Waals surface area contributed by atoms with Crippen LogP contribution >= 0.6 is 0 Å². The normalized spacial score (nSPS) is 21.6. The van der Waals surface area contributed by atoms with E-state index >= 15 is 0 Å². The number of halogens is 2. The summed E-state index contributed by atoms with van der Waals surface area (Å²) >= 11 is 0. The first kappa shape index (κ1) is 21.3. The maximum atomic E-state index is 13.5. The molecular formula is C24H26F2N2O3. The summed E-state index contributed by atoms with van der Waals surface area (Å²) in [5.74, 6) is -0.326. The summed E-state index contributed by atoms with van der Waals surface area (Å²) in [4.78, 5) is 17.8. The van der Waals surface area contributed by atoms with E-state index in [1.165, 1.54) is 36.4 Å². The number of hydrogen-bond donors (Lipinski definition) is 2. The summed E-state index contributed by atoms with van der Waals surface area (Å²) < 4.78 is 32.8. The van der Waals surface area contributed by atoms with Crippen molar-refractivity contribution in [2.24, 2.45) is 5.92 Å². The molecule has 2 N–H and O–H groups in total. The molecule has 5 nitrogen and oxygen atoms in total. The molecule has 0 unspecified atom stereocenters. The zero-order valence-corrected chi connectivity index (χ0v) is 17.6. The predicted molar refractivity (Wildman–Crippen MR) is 114 cm³/mol. The number of nitrogens with one attached hydrogen (secondary N) is 1. The van der Waals surface area contributed by atoms with Crippen LogP contribution in [0.15, 0.2) is 48.5 Å². The van der Waals surface area contributed by atoms with Gasteiger partial charge in [-0.15, -0.1) is 0 Å². The Morgan fingerprint density at radius 1 is 1.19 bits per heavy atom. The van der Waals surface area contributed by atoms with Crippen LogP contribution in [-0.4, -0.2) is 45.7 Å². The molecule has 1 saturated heterocycles. The standard InChI is InChI=1S/C24H26F2N2O3/c1-15(2)13-24(30)9-10-28(14-22(24)31-19-7-5-17(25)6-8-19)23(29)21-11-16-3-4-18(26)12-20(16)27-21/h3-8,11-12,15,22,27,30H,9-10,13-14H2,1-2H3/t22-,24+/m0/s1. The van der Waals surface area contributed by atoms with E-state index in [-0.39, 0.29) is 30.0 Å². The molecule has 1 amide bonds. The second-order valence-corrected chi connectivity index (χ2v) is 8.68. The van der Waals surface area contributed by atoms with Crippen molar-refractivity contribution in [3.8, 4) is 5.75 Å². The number of rotatable bonds is 5. The topological polar surface area (TPSA) is 65.6 Å². The number of likely N-dealkylation sites (tertiary alicyclic amines) is 1. The monoisotopic (exact) mass is 428 g/mol. The van der Waals surface area contributed by atoms with Crippen molar-refractivity contribution < 1.29 is 23.4 Å². The molecule has 2 aromatic carbocycles. The van der Waals surface area contributed by atoms with E-state index in [9.17, 15) is 18.7 Å². The van der Waals surface area contributed by atoms with Crippen molar-refractivity contribution in [3.05, 3.63) is 65.9 Å². The van der Waals surface area contributed by atoms with Crippen molar-refractivity contribution in [1.29, 1.82) is 0 Å². The number of fused-ring (bicyclic) bond motifs is 1. The van der Waals surface area contributed by atoms with Gasteiger partial charge in [-0.2, -0.15) is 0 Å². The van der Waals surface area contributed by atoms with Crippen molar-refractivity contribution in [2.45, 2.75) is 38.4 Å². The van der Waals surface area contributed by atoms with E-state index in [0.717, 1.165) is 5.39 Å². The number of amides is 1. The van der Waals surface area contributed by atoms with Gasteiger partial charge in [-0.3, -0.25) is 4.79 Å². The summed E-state index contributed by atoms with van der Waals surface area (Å²) in [5, 5.41) is 12.1. The zero-order valence-electron chi connectivity index (χ0n) is 17.6. The number of hydrogen-bond acceptors (Lipinski definition) is 3. The van der Waals surface area contributed by atoms with Crippen LogP contribution in [0.5, 0.6) is 5.75 Å². The summed E-state index contributed by atoms with van der Waals surface area (Å²) in [6.07, 6.45) is 0.212. The third kappa shape index (κ3) is 4.56. The SMILES string of the molecule is CC(C)C[C@]1(O)CCN(C(=O)c2cc3ccc(F)cc3[nH]2)C[C@@H]1Oc1ccc(F)cc1. The van der Waals surface area contributed by atoms with Crippen LogP contribution in [0, 0.1) is 17.6 Å². The molecule has 1 aromatic heterocycles. The number of aromatic nitrogens is 1. The summed E-state index contributed by atoms with van der Waals surface area (Å²) in [6.45, 7) is 4.60. The molecule has 1 aliphatic heterocycles. The Hall–Kier alpha value is -2.93. The number of H-pyrrole nitrogens is 1. The average molecular weight is 428 g/mol. The largest absolute Gasteiger partial charge is 0.486 e. The Morgan fingerprint density at radius 3 is 2.61 bits per heavy atom. The minimum absolute atomic E-state index is 0.184. The van der Waals surface area contributed by atoms with Crippen LogP contribution in [0.2, 0.25) is 0 Å². The van der Waals surface area contributed by atoms with E-state index in [4.69, 9.17) is 4.74 Å². The molecular weight excluding hydrogens is 402 g/mol. The fourth-order valence-corrected chi connectivity index (χ4v) is 4.29. The summed E-state index contributed by atoms with van der Waals surface area (Å²) in [7, 11) is 0. The highest BCUT2D eigenvalue weighted by Gasteiger charge is 2.45. The first-order valence-corrected chi connectivity index (χ1v) is 10.5. The van der Waals surface area contributed by atoms with Gasteiger partial charge in [0.05, 0.1) is 6.54 Å². The molecule has 3 aromatic rings. The minimum atomic E-state index is -1.11. The van der Waals surface area contributed by atoms with E-state index in [1.54, 1.807) is 17.0 Å². The van der Waals surface area contributed by atoms with Crippen LogP contribution in [0.25, 0.3) is 10.9 Å². The molecule has 0 spiro atoms. The first-order chi connectivity index (χ1) is 14.7. The van der Waals surface area contributed by atoms with E-state index in [2.05, 4.69) is 4.98 Å². The molecule has 4 rings (SSSR count). The zero-order chi connectivity index (χ0) is 22.2. The smallest absolute Gasteiger partial charge is 0.270 e. The van der Waals surface area contributed by atoms with Crippen molar-refractivity contribution in [2.75, 3.05) is 13.1 Å². The van der Waals surface area contributed by atoms with Crippen LogP contribution in [0.4, 0.5) is 8.78 Å². The molecule has 31 heavy (non-hydrogen) atoms. The maximum absolute atomic E-state index is 13.5. The molecule has 1 aliphatic rings. The predicted octanol–water partition coefficient (Wildman–Crippen LogP) is 4.52. The summed E-state index contributed by atoms with van der Waals surface area (Å²) in [5.41, 5.74) is -0.200. The molecule has 0 saturated carbocycles. The molecule has 0 aliphatic carbocycles. The molecule has 164 valence electrons. The minimum Gasteiger partial charge on any atom is -0.486 e. The molecule has 1 fully saturated rings. The van der Waals surface area contributed by atoms with Crippen LogP contribution < -0.4 is 4.74 Å². The van der Waals surface area contributed by atoms with Crippen LogP contribution in [-0.2, 0) is 0 Å². The van der Waals surface area contributed by atoms with Gasteiger partial charge in [-0.25, -0.2) is 8.78 Å². The highest BCUT2D eigenvalue weighted by molar-refractivity contribution is 5.98. The van der Waals surface area contributed by atoms with Gasteiger partial charge in [-0.1, -0.05) is 13.8 Å². The third-order valence-corrected chi connectivity index (χ3v) is 5.76. The molecule has 2 atom stereocenters. The fourth-order valence-electron chi connectivity index (χ4n) is 4.29. The number of ether oxygens (including phenoxy) is 1. The quantitative estimate of drug-likeness (QED) is 0.628. The van der Waals surface area contributed by atoms with Crippen LogP contribution in [0.1, 0.15) is 37.2 Å². The Kier molecular flexibility index (Phi) is 5.71. The number of aliphatic hydroxyl groups is 1. The molecule has 0 bridgehead atoms. The highest BCUT2D eigenvalue weighted by Crippen LogP contribution is 2.33. The number of benzene rings is 2. The van der Waals surface area contributed by atoms with Gasteiger partial charge in [0.15, 0.2) is 0 Å². The Balaban J connectivity index is 1.57. The number of carbonyl (C=O) groups excluding carboxylic acids is 1. The van der Waals surface area contributed by atoms with Gasteiger partial charge >= 0.3 is 0 Å². The second kappa shape index (κ2) is 8.30. The first-order valence-electron chi connectivity index (χ1n) is 10.5. The van der Waals surface area contributed by atoms with Crippen molar-refractivity contribution >= 4 is 16.8 Å². The molecule has 7 heteroatoms. The lowest BCUT2D eigenvalue weighted by Gasteiger charge is -2.45. The van der Waals surface area contributed by atoms with Crippen molar-refractivity contribution in [3.63, 3.8) is 0 Å². The van der Waals surface area contributed by atoms with Gasteiger partial charge in [0.25, 0.3) is 5.91 Å². The van der Waals surface area contributed by atoms with E-state index < -0.39 is 11.7 Å². The number of aromatic amines is 1. The third-order valence-electron chi connectivity index (χ3n) is 5.76. The average Bonchev–Trinajstić information content (AvgIpc) is 3.13. The van der Waals surface area contributed by atoms with Gasteiger partial charge < -0.3 is 19.7 Å². The number of carbonyl (C=O) groups is 1. The second-order valence-electron chi connectivity index (χ2n) is 8.68. The fraction of sp³-hybridized carbons (Fsp3) is 0.375. The molecule has 0 radical (unpaired) electrons. The number of piperidine rings is 1. The maximum Gasteiger partial charge on any atom is 0.270 e. The van der Waals surface area contributed by atoms with E-state index in [0.29, 0.717) is 36.3 Å². The van der Waals surface area contributed by atoms with Gasteiger partial charge in [-0.05, 0) is 67.3 Å². The van der Waals surface area contributed by atoms with Crippen molar-refractivity contribution in [1.82, 2.24) is 9.88 Å². The molecule has 2 heterocycles. The van der Waals surface area contributed by atoms with Gasteiger partial charge in [0.1, 0.15) is 34.8 Å². The Morgan fingerprint density at radius 2 is 1.90 bits per heavy atom.